The van der Waals surface area contributed by atoms with Gasteiger partial charge in [-0.2, -0.15) is 0 Å². The average Bonchev–Trinajstić information content (AvgIpc) is 2.74. The van der Waals surface area contributed by atoms with E-state index in [9.17, 15) is 0 Å². The number of thiazole rings is 1. The van der Waals surface area contributed by atoms with Crippen molar-refractivity contribution in [3.63, 3.8) is 0 Å². The van der Waals surface area contributed by atoms with Crippen molar-refractivity contribution in [1.29, 1.82) is 0 Å². The third-order valence-electron chi connectivity index (χ3n) is 2.60. The van der Waals surface area contributed by atoms with Crippen molar-refractivity contribution in [3.8, 4) is 0 Å². The van der Waals surface area contributed by atoms with Crippen LogP contribution in [0.3, 0.4) is 0 Å². The molecule has 0 amide bonds. The van der Waals surface area contributed by atoms with Gasteiger partial charge in [0, 0.05) is 29.9 Å². The molecule has 0 aromatic carbocycles. The van der Waals surface area contributed by atoms with E-state index in [1.54, 1.807) is 17.5 Å². The van der Waals surface area contributed by atoms with Gasteiger partial charge in [-0.3, -0.25) is 9.97 Å². The monoisotopic (exact) mass is 248 g/mol. The Bertz CT molecular complexity index is 478. The molecule has 90 valence electrons. The normalized spacial score (nSPS) is 12.6. The molecule has 2 heterocycles. The second kappa shape index (κ2) is 5.33. The van der Waals surface area contributed by atoms with E-state index >= 15 is 0 Å². The lowest BCUT2D eigenvalue weighted by Crippen LogP contribution is -2.18. The maximum Gasteiger partial charge on any atom is 0.0798 e. The minimum Gasteiger partial charge on any atom is -0.304 e. The predicted molar refractivity (Wildman–Crippen MR) is 68.9 cm³/mol. The molecule has 0 aliphatic heterocycles. The summed E-state index contributed by atoms with van der Waals surface area (Å²) >= 11 is 1.69. The van der Waals surface area contributed by atoms with E-state index in [1.165, 1.54) is 4.88 Å². The molecule has 0 spiro atoms. The van der Waals surface area contributed by atoms with Gasteiger partial charge in [-0.1, -0.05) is 0 Å². The zero-order valence-corrected chi connectivity index (χ0v) is 11.1. The second-order valence-corrected chi connectivity index (χ2v) is 4.94. The Morgan fingerprint density at radius 3 is 2.65 bits per heavy atom. The fraction of sp³-hybridized carbons (Fsp3) is 0.417. The van der Waals surface area contributed by atoms with Gasteiger partial charge in [0.2, 0.25) is 0 Å². The van der Waals surface area contributed by atoms with Crippen LogP contribution in [0, 0.1) is 13.8 Å². The first-order valence-electron chi connectivity index (χ1n) is 5.57. The molecule has 0 radical (unpaired) electrons. The summed E-state index contributed by atoms with van der Waals surface area (Å²) < 4.78 is 0. The standard InChI is InChI=1S/C12H16N4S/c1-8-4-15-11(5-13-8)6-14-9(2)12-10(3)16-7-17-12/h4-5,7,9,14H,6H2,1-3H3. The second-order valence-electron chi connectivity index (χ2n) is 4.05. The molecule has 0 aliphatic carbocycles. The molecule has 4 nitrogen and oxygen atoms in total. The maximum absolute atomic E-state index is 4.32. The van der Waals surface area contributed by atoms with Crippen molar-refractivity contribution < 1.29 is 0 Å². The van der Waals surface area contributed by atoms with Crippen LogP contribution in [0.5, 0.6) is 0 Å². The van der Waals surface area contributed by atoms with Crippen LogP contribution in [0.4, 0.5) is 0 Å². The van der Waals surface area contributed by atoms with E-state index in [-0.39, 0.29) is 0 Å². The lowest BCUT2D eigenvalue weighted by atomic mass is 10.2. The summed E-state index contributed by atoms with van der Waals surface area (Å²) in [5.41, 5.74) is 4.89. The molecule has 2 aromatic heterocycles. The van der Waals surface area contributed by atoms with Crippen LogP contribution in [-0.4, -0.2) is 15.0 Å². The van der Waals surface area contributed by atoms with Gasteiger partial charge in [0.25, 0.3) is 0 Å². The summed E-state index contributed by atoms with van der Waals surface area (Å²) in [6, 6.07) is 0.297. The van der Waals surface area contributed by atoms with Gasteiger partial charge in [0.1, 0.15) is 0 Å². The van der Waals surface area contributed by atoms with Gasteiger partial charge in [-0.05, 0) is 20.8 Å². The number of nitrogens with zero attached hydrogens (tertiary/aromatic N) is 3. The van der Waals surface area contributed by atoms with Crippen molar-refractivity contribution in [2.75, 3.05) is 0 Å². The molecular formula is C12H16N4S. The number of hydrogen-bond donors (Lipinski definition) is 1. The van der Waals surface area contributed by atoms with Crippen LogP contribution in [0.15, 0.2) is 17.9 Å². The van der Waals surface area contributed by atoms with Gasteiger partial charge in [-0.15, -0.1) is 11.3 Å². The molecule has 1 atom stereocenters. The third kappa shape index (κ3) is 3.08. The molecule has 2 aromatic rings. The summed E-state index contributed by atoms with van der Waals surface area (Å²) in [5, 5.41) is 3.43. The van der Waals surface area contributed by atoms with Crippen LogP contribution in [0.25, 0.3) is 0 Å². The molecule has 17 heavy (non-hydrogen) atoms. The minimum atomic E-state index is 0.297. The number of aromatic nitrogens is 3. The molecule has 0 saturated heterocycles. The van der Waals surface area contributed by atoms with Gasteiger partial charge in [0.15, 0.2) is 0 Å². The molecule has 1 unspecified atom stereocenters. The first-order chi connectivity index (χ1) is 8.16. The molecule has 2 rings (SSSR count). The maximum atomic E-state index is 4.32. The zero-order valence-electron chi connectivity index (χ0n) is 10.3. The van der Waals surface area contributed by atoms with Gasteiger partial charge >= 0.3 is 0 Å². The Hall–Kier alpha value is -1.33. The van der Waals surface area contributed by atoms with Crippen LogP contribution in [0.1, 0.15) is 34.9 Å². The summed E-state index contributed by atoms with van der Waals surface area (Å²) in [7, 11) is 0. The highest BCUT2D eigenvalue weighted by Crippen LogP contribution is 2.21. The van der Waals surface area contributed by atoms with E-state index in [0.717, 1.165) is 23.6 Å². The SMILES string of the molecule is Cc1cnc(CNC(C)c2scnc2C)cn1. The Balaban J connectivity index is 1.94. The quantitative estimate of drug-likeness (QED) is 0.902. The molecule has 0 fully saturated rings. The van der Waals surface area contributed by atoms with Crippen molar-refractivity contribution in [1.82, 2.24) is 20.3 Å². The van der Waals surface area contributed by atoms with Crippen molar-refractivity contribution >= 4 is 11.3 Å². The van der Waals surface area contributed by atoms with Crippen molar-refractivity contribution in [3.05, 3.63) is 39.9 Å². The average molecular weight is 248 g/mol. The zero-order chi connectivity index (χ0) is 12.3. The van der Waals surface area contributed by atoms with E-state index in [1.807, 2.05) is 25.6 Å². The largest absolute Gasteiger partial charge is 0.304 e. The van der Waals surface area contributed by atoms with Gasteiger partial charge < -0.3 is 5.32 Å². The fourth-order valence-electron chi connectivity index (χ4n) is 1.59. The summed E-state index contributed by atoms with van der Waals surface area (Å²) in [5.74, 6) is 0. The Kier molecular flexibility index (Phi) is 3.81. The topological polar surface area (TPSA) is 50.7 Å². The van der Waals surface area contributed by atoms with Crippen molar-refractivity contribution in [2.24, 2.45) is 0 Å². The smallest absolute Gasteiger partial charge is 0.0798 e. The number of hydrogen-bond acceptors (Lipinski definition) is 5. The first-order valence-corrected chi connectivity index (χ1v) is 6.45. The summed E-state index contributed by atoms with van der Waals surface area (Å²) in [6.07, 6.45) is 3.61. The van der Waals surface area contributed by atoms with Crippen LogP contribution >= 0.6 is 11.3 Å². The van der Waals surface area contributed by atoms with Crippen LogP contribution in [-0.2, 0) is 6.54 Å². The number of nitrogens with one attached hydrogen (secondary N) is 1. The van der Waals surface area contributed by atoms with E-state index in [4.69, 9.17) is 0 Å². The molecular weight excluding hydrogens is 232 g/mol. The van der Waals surface area contributed by atoms with Crippen molar-refractivity contribution in [2.45, 2.75) is 33.4 Å². The van der Waals surface area contributed by atoms with Gasteiger partial charge in [0.05, 0.1) is 22.6 Å². The third-order valence-corrected chi connectivity index (χ3v) is 3.71. The van der Waals surface area contributed by atoms with E-state index in [0.29, 0.717) is 6.04 Å². The highest BCUT2D eigenvalue weighted by atomic mass is 32.1. The molecule has 0 saturated carbocycles. The highest BCUT2D eigenvalue weighted by molar-refractivity contribution is 7.09. The lowest BCUT2D eigenvalue weighted by Gasteiger charge is -2.12. The van der Waals surface area contributed by atoms with E-state index in [2.05, 4.69) is 27.2 Å². The molecule has 1 N–H and O–H groups in total. The minimum absolute atomic E-state index is 0.297. The molecule has 0 aliphatic rings. The lowest BCUT2D eigenvalue weighted by molar-refractivity contribution is 0.571. The fourth-order valence-corrected chi connectivity index (χ4v) is 2.42. The highest BCUT2D eigenvalue weighted by Gasteiger charge is 2.10. The first kappa shape index (κ1) is 12.1. The number of aryl methyl sites for hydroxylation is 2. The predicted octanol–water partition coefficient (Wildman–Crippen LogP) is 2.40. The van der Waals surface area contributed by atoms with Gasteiger partial charge in [-0.25, -0.2) is 4.98 Å². The Morgan fingerprint density at radius 1 is 1.24 bits per heavy atom. The van der Waals surface area contributed by atoms with Crippen LogP contribution < -0.4 is 5.32 Å². The summed E-state index contributed by atoms with van der Waals surface area (Å²) in [6.45, 7) is 6.84. The van der Waals surface area contributed by atoms with E-state index < -0.39 is 0 Å². The molecule has 5 heteroatoms. The van der Waals surface area contributed by atoms with Crippen LogP contribution in [0.2, 0.25) is 0 Å². The Morgan fingerprint density at radius 2 is 2.06 bits per heavy atom. The molecule has 0 bridgehead atoms. The summed E-state index contributed by atoms with van der Waals surface area (Å²) in [4.78, 5) is 14.1. The number of rotatable bonds is 4. The Labute approximate surface area is 105 Å².